The number of hydrogen-bond donors (Lipinski definition) is 1. The molecule has 1 heterocycles. The number of methoxy groups -OCH3 is 1. The van der Waals surface area contributed by atoms with Crippen molar-refractivity contribution in [3.05, 3.63) is 65.2 Å². The van der Waals surface area contributed by atoms with E-state index < -0.39 is 16.2 Å². The average molecular weight is 346 g/mol. The fourth-order valence-corrected chi connectivity index (χ4v) is 3.96. The average Bonchev–Trinajstić information content (AvgIpc) is 2.60. The first kappa shape index (κ1) is 16.5. The Morgan fingerprint density at radius 1 is 1.08 bits per heavy atom. The van der Waals surface area contributed by atoms with E-state index in [1.807, 2.05) is 24.3 Å². The van der Waals surface area contributed by atoms with Crippen LogP contribution in [0.1, 0.15) is 21.5 Å². The summed E-state index contributed by atoms with van der Waals surface area (Å²) in [6.07, 6.45) is 0.662. The predicted molar refractivity (Wildman–Crippen MR) is 90.9 cm³/mol. The molecule has 1 N–H and O–H groups in total. The van der Waals surface area contributed by atoms with Gasteiger partial charge in [-0.15, -0.1) is 0 Å². The van der Waals surface area contributed by atoms with Crippen LogP contribution in [0.5, 0.6) is 0 Å². The van der Waals surface area contributed by atoms with Gasteiger partial charge in [0.25, 0.3) is 0 Å². The second-order valence-electron chi connectivity index (χ2n) is 5.50. The van der Waals surface area contributed by atoms with Gasteiger partial charge in [-0.2, -0.15) is 12.7 Å². The molecule has 6 nitrogen and oxygen atoms in total. The van der Waals surface area contributed by atoms with Crippen LogP contribution in [0.2, 0.25) is 0 Å². The maximum absolute atomic E-state index is 12.7. The summed E-state index contributed by atoms with van der Waals surface area (Å²) in [6, 6.07) is 14.2. The summed E-state index contributed by atoms with van der Waals surface area (Å²) in [5, 5.41) is 0. The topological polar surface area (TPSA) is 75.7 Å². The number of carbonyl (C=O) groups excluding carboxylic acids is 1. The molecule has 0 spiro atoms. The van der Waals surface area contributed by atoms with Crippen molar-refractivity contribution in [2.24, 2.45) is 0 Å². The molecular weight excluding hydrogens is 328 g/mol. The number of rotatable bonds is 4. The fourth-order valence-electron chi connectivity index (χ4n) is 2.74. The molecule has 0 radical (unpaired) electrons. The largest absolute Gasteiger partial charge is 0.465 e. The molecule has 24 heavy (non-hydrogen) atoms. The highest BCUT2D eigenvalue weighted by Crippen LogP contribution is 2.23. The highest BCUT2D eigenvalue weighted by Gasteiger charge is 2.27. The van der Waals surface area contributed by atoms with Crippen LogP contribution in [-0.2, 0) is 27.9 Å². The molecule has 0 saturated heterocycles. The van der Waals surface area contributed by atoms with Gasteiger partial charge >= 0.3 is 16.2 Å². The van der Waals surface area contributed by atoms with Crippen molar-refractivity contribution in [2.45, 2.75) is 13.0 Å². The Morgan fingerprint density at radius 2 is 1.75 bits per heavy atom. The Bertz CT molecular complexity index is 864. The predicted octanol–water partition coefficient (Wildman–Crippen LogP) is 2.19. The molecule has 1 aliphatic heterocycles. The van der Waals surface area contributed by atoms with Gasteiger partial charge in [-0.3, -0.25) is 4.72 Å². The van der Waals surface area contributed by atoms with Gasteiger partial charge in [-0.1, -0.05) is 36.4 Å². The highest BCUT2D eigenvalue weighted by atomic mass is 32.2. The van der Waals surface area contributed by atoms with E-state index in [9.17, 15) is 13.2 Å². The van der Waals surface area contributed by atoms with Gasteiger partial charge < -0.3 is 4.74 Å². The first-order chi connectivity index (χ1) is 11.5. The molecule has 126 valence electrons. The molecule has 2 aromatic rings. The van der Waals surface area contributed by atoms with E-state index >= 15 is 0 Å². The summed E-state index contributed by atoms with van der Waals surface area (Å²) in [5.41, 5.74) is 2.55. The molecule has 0 bridgehead atoms. The van der Waals surface area contributed by atoms with E-state index in [4.69, 9.17) is 4.74 Å². The van der Waals surface area contributed by atoms with E-state index in [-0.39, 0.29) is 11.3 Å². The number of hydrogen-bond acceptors (Lipinski definition) is 4. The van der Waals surface area contributed by atoms with Gasteiger partial charge in [0.1, 0.15) is 0 Å². The zero-order valence-electron chi connectivity index (χ0n) is 13.2. The summed E-state index contributed by atoms with van der Waals surface area (Å²) in [6.45, 7) is 0.707. The second kappa shape index (κ2) is 6.62. The van der Waals surface area contributed by atoms with Crippen molar-refractivity contribution in [2.75, 3.05) is 18.4 Å². The van der Waals surface area contributed by atoms with E-state index in [1.54, 1.807) is 18.2 Å². The van der Waals surface area contributed by atoms with Crippen molar-refractivity contribution in [1.29, 1.82) is 0 Å². The number of ether oxygens (including phenoxy) is 1. The van der Waals surface area contributed by atoms with Gasteiger partial charge in [-0.05, 0) is 29.7 Å². The van der Waals surface area contributed by atoms with Crippen LogP contribution < -0.4 is 4.72 Å². The fraction of sp³-hybridized carbons (Fsp3) is 0.235. The number of nitrogens with zero attached hydrogens (tertiary/aromatic N) is 1. The summed E-state index contributed by atoms with van der Waals surface area (Å²) >= 11 is 0. The zero-order chi connectivity index (χ0) is 17.2. The van der Waals surface area contributed by atoms with E-state index in [1.165, 1.54) is 23.0 Å². The number of anilines is 1. The molecule has 0 unspecified atom stereocenters. The van der Waals surface area contributed by atoms with Crippen molar-refractivity contribution < 1.29 is 17.9 Å². The lowest BCUT2D eigenvalue weighted by Crippen LogP contribution is -2.39. The van der Waals surface area contributed by atoms with Crippen molar-refractivity contribution in [1.82, 2.24) is 4.31 Å². The minimum absolute atomic E-state index is 0.181. The van der Waals surface area contributed by atoms with E-state index in [0.29, 0.717) is 19.5 Å². The maximum atomic E-state index is 12.7. The SMILES string of the molecule is COC(=O)c1ccccc1NS(=O)(=O)N1CCc2ccccc2C1. The second-order valence-corrected chi connectivity index (χ2v) is 7.17. The van der Waals surface area contributed by atoms with Crippen molar-refractivity contribution >= 4 is 21.9 Å². The Kier molecular flexibility index (Phi) is 4.55. The molecule has 0 saturated carbocycles. The van der Waals surface area contributed by atoms with Crippen LogP contribution in [0, 0.1) is 0 Å². The molecule has 0 amide bonds. The monoisotopic (exact) mass is 346 g/mol. The standard InChI is InChI=1S/C17H18N2O4S/c1-23-17(20)15-8-4-5-9-16(15)18-24(21,22)19-11-10-13-6-2-3-7-14(13)12-19/h2-9,18H,10-12H2,1H3. The molecule has 0 atom stereocenters. The Hall–Kier alpha value is -2.38. The molecular formula is C17H18N2O4S. The third-order valence-corrected chi connectivity index (χ3v) is 5.48. The molecule has 3 rings (SSSR count). The number of benzene rings is 2. The Balaban J connectivity index is 1.84. The minimum Gasteiger partial charge on any atom is -0.465 e. The normalized spacial score (nSPS) is 14.7. The first-order valence-corrected chi connectivity index (χ1v) is 8.97. The summed E-state index contributed by atoms with van der Waals surface area (Å²) in [5.74, 6) is -0.586. The van der Waals surface area contributed by atoms with Crippen LogP contribution in [-0.4, -0.2) is 32.3 Å². The number of para-hydroxylation sites is 1. The molecule has 7 heteroatoms. The van der Waals surface area contributed by atoms with Crippen molar-refractivity contribution in [3.8, 4) is 0 Å². The van der Waals surface area contributed by atoms with Crippen LogP contribution >= 0.6 is 0 Å². The quantitative estimate of drug-likeness (QED) is 0.861. The van der Waals surface area contributed by atoms with Gasteiger partial charge in [-0.25, -0.2) is 4.79 Å². The van der Waals surface area contributed by atoms with Crippen LogP contribution in [0.25, 0.3) is 0 Å². The molecule has 2 aromatic carbocycles. The Morgan fingerprint density at radius 3 is 2.50 bits per heavy atom. The number of fused-ring (bicyclic) bond motifs is 1. The lowest BCUT2D eigenvalue weighted by atomic mass is 10.0. The molecule has 0 fully saturated rings. The summed E-state index contributed by atoms with van der Waals surface area (Å²) in [7, 11) is -2.51. The molecule has 0 aromatic heterocycles. The lowest BCUT2D eigenvalue weighted by Gasteiger charge is -2.28. The first-order valence-electron chi connectivity index (χ1n) is 7.53. The highest BCUT2D eigenvalue weighted by molar-refractivity contribution is 7.90. The number of carbonyl (C=O) groups is 1. The third kappa shape index (κ3) is 3.27. The minimum atomic E-state index is -3.77. The maximum Gasteiger partial charge on any atom is 0.339 e. The summed E-state index contributed by atoms with van der Waals surface area (Å²) in [4.78, 5) is 11.8. The lowest BCUT2D eigenvalue weighted by molar-refractivity contribution is 0.0602. The van der Waals surface area contributed by atoms with Crippen molar-refractivity contribution in [3.63, 3.8) is 0 Å². The van der Waals surface area contributed by atoms with Gasteiger partial charge in [0, 0.05) is 13.1 Å². The number of nitrogens with one attached hydrogen (secondary N) is 1. The van der Waals surface area contributed by atoms with Crippen LogP contribution in [0.4, 0.5) is 5.69 Å². The van der Waals surface area contributed by atoms with Gasteiger partial charge in [0.05, 0.1) is 18.4 Å². The smallest absolute Gasteiger partial charge is 0.339 e. The van der Waals surface area contributed by atoms with Gasteiger partial charge in [0.15, 0.2) is 0 Å². The number of esters is 1. The van der Waals surface area contributed by atoms with E-state index in [0.717, 1.165) is 5.56 Å². The third-order valence-electron chi connectivity index (χ3n) is 4.01. The zero-order valence-corrected chi connectivity index (χ0v) is 14.0. The van der Waals surface area contributed by atoms with Gasteiger partial charge in [0.2, 0.25) is 0 Å². The Labute approximate surface area is 141 Å². The van der Waals surface area contributed by atoms with E-state index in [2.05, 4.69) is 4.72 Å². The molecule has 0 aliphatic carbocycles. The van der Waals surface area contributed by atoms with Crippen LogP contribution in [0.15, 0.2) is 48.5 Å². The summed E-state index contributed by atoms with van der Waals surface area (Å²) < 4.78 is 34.0. The van der Waals surface area contributed by atoms with Crippen LogP contribution in [0.3, 0.4) is 0 Å². The molecule has 1 aliphatic rings.